The quantitative estimate of drug-likeness (QED) is 0.265. The molecule has 164 valence electrons. The van der Waals surface area contributed by atoms with Crippen molar-refractivity contribution in [2.75, 3.05) is 0 Å². The number of ether oxygens (including phenoxy) is 1. The SMILES string of the molecule is CC(C)CCCCCCC(CCCC(C)C)OC(=O)C1CCCC(C(=O)O)C1. The summed E-state index contributed by atoms with van der Waals surface area (Å²) in [4.78, 5) is 23.9. The molecule has 1 aliphatic carbocycles. The zero-order valence-corrected chi connectivity index (χ0v) is 18.8. The van der Waals surface area contributed by atoms with E-state index in [1.807, 2.05) is 0 Å². The van der Waals surface area contributed by atoms with Gasteiger partial charge in [-0.05, 0) is 56.8 Å². The maximum atomic E-state index is 12.7. The summed E-state index contributed by atoms with van der Waals surface area (Å²) in [6.07, 6.45) is 13.0. The monoisotopic (exact) mass is 396 g/mol. The van der Waals surface area contributed by atoms with Crippen LogP contribution in [0.3, 0.4) is 0 Å². The van der Waals surface area contributed by atoms with Crippen molar-refractivity contribution in [3.8, 4) is 0 Å². The van der Waals surface area contributed by atoms with Crippen molar-refractivity contribution in [2.24, 2.45) is 23.7 Å². The van der Waals surface area contributed by atoms with E-state index >= 15 is 0 Å². The van der Waals surface area contributed by atoms with Gasteiger partial charge in [-0.2, -0.15) is 0 Å². The van der Waals surface area contributed by atoms with E-state index in [-0.39, 0.29) is 23.9 Å². The van der Waals surface area contributed by atoms with Crippen LogP contribution in [0.25, 0.3) is 0 Å². The van der Waals surface area contributed by atoms with Gasteiger partial charge in [0.05, 0.1) is 11.8 Å². The molecule has 0 radical (unpaired) electrons. The standard InChI is InChI=1S/C24H44O4/c1-18(2)11-7-5-6-8-15-22(16-9-12-19(3)4)28-24(27)21-14-10-13-20(17-21)23(25)26/h18-22H,5-17H2,1-4H3,(H,25,26). The number of carbonyl (C=O) groups is 2. The largest absolute Gasteiger partial charge is 0.481 e. The summed E-state index contributed by atoms with van der Waals surface area (Å²) in [6, 6.07) is 0. The predicted octanol–water partition coefficient (Wildman–Crippen LogP) is 6.61. The Labute approximate surface area is 172 Å². The van der Waals surface area contributed by atoms with E-state index in [2.05, 4.69) is 27.7 Å². The Morgan fingerprint density at radius 1 is 0.821 bits per heavy atom. The average molecular weight is 397 g/mol. The van der Waals surface area contributed by atoms with Crippen LogP contribution in [-0.4, -0.2) is 23.1 Å². The van der Waals surface area contributed by atoms with Gasteiger partial charge >= 0.3 is 11.9 Å². The van der Waals surface area contributed by atoms with E-state index in [4.69, 9.17) is 4.74 Å². The van der Waals surface area contributed by atoms with Crippen molar-refractivity contribution >= 4 is 11.9 Å². The number of carbonyl (C=O) groups excluding carboxylic acids is 1. The molecule has 0 aromatic rings. The molecule has 28 heavy (non-hydrogen) atoms. The normalized spacial score (nSPS) is 21.1. The summed E-state index contributed by atoms with van der Waals surface area (Å²) in [5.74, 6) is -0.0928. The van der Waals surface area contributed by atoms with Crippen LogP contribution in [0.4, 0.5) is 0 Å². The Hall–Kier alpha value is -1.06. The molecule has 1 rings (SSSR count). The molecule has 1 aliphatic rings. The fourth-order valence-electron chi connectivity index (χ4n) is 4.18. The highest BCUT2D eigenvalue weighted by atomic mass is 16.5. The molecule has 0 heterocycles. The van der Waals surface area contributed by atoms with Gasteiger partial charge in [-0.1, -0.05) is 66.2 Å². The molecule has 0 spiro atoms. The molecule has 1 N–H and O–H groups in total. The van der Waals surface area contributed by atoms with Crippen molar-refractivity contribution in [2.45, 2.75) is 117 Å². The second-order valence-corrected chi connectivity index (χ2v) is 9.67. The Kier molecular flexibility index (Phi) is 12.5. The van der Waals surface area contributed by atoms with E-state index in [1.165, 1.54) is 25.7 Å². The van der Waals surface area contributed by atoms with Crippen molar-refractivity contribution in [3.63, 3.8) is 0 Å². The molecule has 0 bridgehead atoms. The molecule has 3 unspecified atom stereocenters. The zero-order chi connectivity index (χ0) is 20.9. The average Bonchev–Trinajstić information content (AvgIpc) is 2.63. The second-order valence-electron chi connectivity index (χ2n) is 9.67. The molecule has 1 fully saturated rings. The summed E-state index contributed by atoms with van der Waals surface area (Å²) < 4.78 is 5.91. The lowest BCUT2D eigenvalue weighted by atomic mass is 9.81. The highest BCUT2D eigenvalue weighted by Crippen LogP contribution is 2.31. The molecular weight excluding hydrogens is 352 g/mol. The third-order valence-corrected chi connectivity index (χ3v) is 6.00. The van der Waals surface area contributed by atoms with E-state index in [0.29, 0.717) is 18.8 Å². The van der Waals surface area contributed by atoms with Crippen molar-refractivity contribution in [1.82, 2.24) is 0 Å². The van der Waals surface area contributed by atoms with Gasteiger partial charge in [0.1, 0.15) is 6.10 Å². The third-order valence-electron chi connectivity index (χ3n) is 6.00. The van der Waals surface area contributed by atoms with Crippen LogP contribution in [0.1, 0.15) is 111 Å². The van der Waals surface area contributed by atoms with Gasteiger partial charge in [0.25, 0.3) is 0 Å². The van der Waals surface area contributed by atoms with E-state index < -0.39 is 5.97 Å². The molecule has 0 saturated heterocycles. The van der Waals surface area contributed by atoms with Crippen molar-refractivity contribution in [1.29, 1.82) is 0 Å². The van der Waals surface area contributed by atoms with Crippen LogP contribution < -0.4 is 0 Å². The first-order valence-corrected chi connectivity index (χ1v) is 11.7. The highest BCUT2D eigenvalue weighted by Gasteiger charge is 2.32. The molecule has 1 saturated carbocycles. The van der Waals surface area contributed by atoms with Crippen LogP contribution >= 0.6 is 0 Å². The smallest absolute Gasteiger partial charge is 0.309 e. The van der Waals surface area contributed by atoms with Crippen LogP contribution in [0, 0.1) is 23.7 Å². The lowest BCUT2D eigenvalue weighted by Crippen LogP contribution is -2.31. The van der Waals surface area contributed by atoms with Crippen LogP contribution in [0.2, 0.25) is 0 Å². The Morgan fingerprint density at radius 2 is 1.36 bits per heavy atom. The summed E-state index contributed by atoms with van der Waals surface area (Å²) in [7, 11) is 0. The van der Waals surface area contributed by atoms with E-state index in [1.54, 1.807) is 0 Å². The first-order valence-electron chi connectivity index (χ1n) is 11.7. The molecule has 4 heteroatoms. The Morgan fingerprint density at radius 3 is 1.96 bits per heavy atom. The first kappa shape index (κ1) is 25.0. The van der Waals surface area contributed by atoms with Gasteiger partial charge in [-0.25, -0.2) is 0 Å². The number of unbranched alkanes of at least 4 members (excludes halogenated alkanes) is 3. The van der Waals surface area contributed by atoms with Gasteiger partial charge in [0.15, 0.2) is 0 Å². The van der Waals surface area contributed by atoms with Crippen molar-refractivity contribution in [3.05, 3.63) is 0 Å². The minimum absolute atomic E-state index is 0.00144. The van der Waals surface area contributed by atoms with Crippen LogP contribution in [0.15, 0.2) is 0 Å². The molecule has 0 aliphatic heterocycles. The van der Waals surface area contributed by atoms with Gasteiger partial charge < -0.3 is 9.84 Å². The van der Waals surface area contributed by atoms with Crippen LogP contribution in [0.5, 0.6) is 0 Å². The number of carboxylic acids is 1. The van der Waals surface area contributed by atoms with Crippen LogP contribution in [-0.2, 0) is 14.3 Å². The first-order chi connectivity index (χ1) is 13.3. The molecule has 0 aromatic heterocycles. The third kappa shape index (κ3) is 11.1. The minimum Gasteiger partial charge on any atom is -0.481 e. The number of esters is 1. The lowest BCUT2D eigenvalue weighted by molar-refractivity contribution is -0.158. The maximum absolute atomic E-state index is 12.7. The molecule has 4 nitrogen and oxygen atoms in total. The van der Waals surface area contributed by atoms with Crippen molar-refractivity contribution < 1.29 is 19.4 Å². The molecule has 0 aromatic carbocycles. The number of rotatable bonds is 14. The fraction of sp³-hybridized carbons (Fsp3) is 0.917. The highest BCUT2D eigenvalue weighted by molar-refractivity contribution is 5.75. The number of carboxylic acid groups (broad SMARTS) is 1. The maximum Gasteiger partial charge on any atom is 0.309 e. The van der Waals surface area contributed by atoms with Gasteiger partial charge in [0, 0.05) is 0 Å². The van der Waals surface area contributed by atoms with E-state index in [0.717, 1.165) is 50.9 Å². The zero-order valence-electron chi connectivity index (χ0n) is 18.8. The lowest BCUT2D eigenvalue weighted by Gasteiger charge is -2.27. The molecule has 0 amide bonds. The number of aliphatic carboxylic acids is 1. The number of hydrogen-bond donors (Lipinski definition) is 1. The molecular formula is C24H44O4. The minimum atomic E-state index is -0.771. The number of hydrogen-bond acceptors (Lipinski definition) is 3. The summed E-state index contributed by atoms with van der Waals surface area (Å²) in [6.45, 7) is 8.99. The summed E-state index contributed by atoms with van der Waals surface area (Å²) >= 11 is 0. The topological polar surface area (TPSA) is 63.6 Å². The predicted molar refractivity (Wildman–Crippen MR) is 114 cm³/mol. The molecule has 3 atom stereocenters. The Bertz CT molecular complexity index is 444. The van der Waals surface area contributed by atoms with Gasteiger partial charge in [0.2, 0.25) is 0 Å². The summed E-state index contributed by atoms with van der Waals surface area (Å²) in [5.41, 5.74) is 0. The second kappa shape index (κ2) is 14.0. The fourth-order valence-corrected chi connectivity index (χ4v) is 4.18. The Balaban J connectivity index is 2.44. The van der Waals surface area contributed by atoms with E-state index in [9.17, 15) is 14.7 Å². The summed E-state index contributed by atoms with van der Waals surface area (Å²) in [5, 5.41) is 9.26. The van der Waals surface area contributed by atoms with Gasteiger partial charge in [-0.15, -0.1) is 0 Å². The van der Waals surface area contributed by atoms with Gasteiger partial charge in [-0.3, -0.25) is 9.59 Å².